The second-order valence-corrected chi connectivity index (χ2v) is 6.20. The molecule has 1 aromatic heterocycles. The summed E-state index contributed by atoms with van der Waals surface area (Å²) in [5, 5.41) is 1.28. The summed E-state index contributed by atoms with van der Waals surface area (Å²) in [6.45, 7) is 0. The lowest BCUT2D eigenvalue weighted by Crippen LogP contribution is -1.84. The van der Waals surface area contributed by atoms with Crippen LogP contribution in [0.1, 0.15) is 0 Å². The zero-order valence-corrected chi connectivity index (χ0v) is 13.2. The Morgan fingerprint density at radius 2 is 1.77 bits per heavy atom. The third-order valence-electron chi connectivity index (χ3n) is 2.88. The van der Waals surface area contributed by atoms with Crippen LogP contribution in [-0.2, 0) is 0 Å². The van der Waals surface area contributed by atoms with E-state index in [0.29, 0.717) is 20.9 Å². The van der Waals surface area contributed by atoms with Crippen LogP contribution in [0.4, 0.5) is 8.78 Å². The first-order chi connectivity index (χ1) is 10.7. The first kappa shape index (κ1) is 15.1. The Morgan fingerprint density at radius 1 is 1.00 bits per heavy atom. The molecule has 0 amide bonds. The van der Waals surface area contributed by atoms with Crippen LogP contribution in [0.3, 0.4) is 0 Å². The predicted molar refractivity (Wildman–Crippen MR) is 84.2 cm³/mol. The predicted octanol–water partition coefficient (Wildman–Crippen LogP) is 5.49. The van der Waals surface area contributed by atoms with E-state index in [0.717, 1.165) is 17.7 Å². The van der Waals surface area contributed by atoms with Gasteiger partial charge in [0.25, 0.3) is 0 Å². The van der Waals surface area contributed by atoms with Gasteiger partial charge in [-0.3, -0.25) is 0 Å². The molecule has 0 fully saturated rings. The first-order valence-corrected chi connectivity index (χ1v) is 8.44. The summed E-state index contributed by atoms with van der Waals surface area (Å²) in [6, 6.07) is 13.3. The maximum absolute atomic E-state index is 13.3. The van der Waals surface area contributed by atoms with Gasteiger partial charge in [-0.15, -0.1) is 0 Å². The topological polar surface area (TPSA) is 26.0 Å². The van der Waals surface area contributed by atoms with E-state index in [1.54, 1.807) is 0 Å². The van der Waals surface area contributed by atoms with Gasteiger partial charge in [0.05, 0.1) is 0 Å². The fourth-order valence-electron chi connectivity index (χ4n) is 1.84. The van der Waals surface area contributed by atoms with Crippen LogP contribution in [-0.4, -0.2) is 11.2 Å². The molecule has 0 unspecified atom stereocenters. The molecule has 1 heterocycles. The Labute approximate surface area is 135 Å². The molecule has 2 aromatic carbocycles. The maximum atomic E-state index is 13.3. The van der Waals surface area contributed by atoms with Gasteiger partial charge < -0.3 is 4.42 Å². The Morgan fingerprint density at radius 3 is 2.45 bits per heavy atom. The summed E-state index contributed by atoms with van der Waals surface area (Å²) in [6.07, 6.45) is 1.88. The van der Waals surface area contributed by atoms with Gasteiger partial charge in [-0.25, -0.2) is 13.8 Å². The molecule has 3 rings (SSSR count). The van der Waals surface area contributed by atoms with Gasteiger partial charge in [0.2, 0.25) is 5.89 Å². The van der Waals surface area contributed by atoms with Gasteiger partial charge in [0.1, 0.15) is 0 Å². The van der Waals surface area contributed by atoms with Crippen LogP contribution in [0.5, 0.6) is 0 Å². The minimum absolute atomic E-state index is 0.509. The van der Waals surface area contributed by atoms with E-state index >= 15 is 0 Å². The summed E-state index contributed by atoms with van der Waals surface area (Å²) in [5.74, 6) is -1.22. The zero-order chi connectivity index (χ0) is 15.5. The number of thioether (sulfide) groups is 1. The van der Waals surface area contributed by atoms with Crippen molar-refractivity contribution in [1.29, 1.82) is 0 Å². The lowest BCUT2D eigenvalue weighted by atomic mass is 10.2. The van der Waals surface area contributed by atoms with E-state index in [1.165, 1.54) is 29.6 Å². The molecule has 2 nitrogen and oxygen atoms in total. The molecule has 6 heteroatoms. The lowest BCUT2D eigenvalue weighted by Gasteiger charge is -2.00. The van der Waals surface area contributed by atoms with E-state index in [9.17, 15) is 8.78 Å². The molecular formula is C16H11F2NOS2. The highest BCUT2D eigenvalue weighted by Gasteiger charge is 2.16. The number of nitrogens with zero attached hydrogens (tertiary/aromatic N) is 1. The molecule has 0 N–H and O–H groups in total. The fraction of sp³-hybridized carbons (Fsp3) is 0.0625. The summed E-state index contributed by atoms with van der Waals surface area (Å²) in [7, 11) is 0. The van der Waals surface area contributed by atoms with Crippen LogP contribution in [0.2, 0.25) is 0 Å². The van der Waals surface area contributed by atoms with Crippen LogP contribution < -0.4 is 0 Å². The normalized spacial score (nSPS) is 10.9. The van der Waals surface area contributed by atoms with Gasteiger partial charge in [-0.05, 0) is 36.6 Å². The molecule has 112 valence electrons. The molecule has 0 aliphatic heterocycles. The number of aromatic nitrogens is 1. The number of oxazole rings is 1. The van der Waals surface area contributed by atoms with Gasteiger partial charge in [-0.1, -0.05) is 41.7 Å². The van der Waals surface area contributed by atoms with Gasteiger partial charge in [0, 0.05) is 10.5 Å². The second-order valence-electron chi connectivity index (χ2n) is 4.36. The van der Waals surface area contributed by atoms with Crippen molar-refractivity contribution in [3.8, 4) is 11.5 Å². The van der Waals surface area contributed by atoms with Gasteiger partial charge in [0.15, 0.2) is 21.8 Å². The molecule has 0 aliphatic rings. The molecule has 0 saturated carbocycles. The van der Waals surface area contributed by atoms with Crippen molar-refractivity contribution >= 4 is 23.5 Å². The third-order valence-corrected chi connectivity index (χ3v) is 4.62. The maximum Gasteiger partial charge on any atom is 0.228 e. The molecule has 22 heavy (non-hydrogen) atoms. The molecule has 3 aromatic rings. The van der Waals surface area contributed by atoms with Crippen molar-refractivity contribution in [2.75, 3.05) is 6.26 Å². The Hall–Kier alpha value is -1.79. The van der Waals surface area contributed by atoms with Crippen molar-refractivity contribution in [2.24, 2.45) is 0 Å². The summed E-state index contributed by atoms with van der Waals surface area (Å²) >= 11 is 2.66. The minimum atomic E-state index is -0.873. The van der Waals surface area contributed by atoms with Crippen molar-refractivity contribution in [2.45, 2.75) is 15.0 Å². The number of hydrogen-bond donors (Lipinski definition) is 0. The van der Waals surface area contributed by atoms with Crippen molar-refractivity contribution in [1.82, 2.24) is 4.98 Å². The van der Waals surface area contributed by atoms with E-state index in [2.05, 4.69) is 4.98 Å². The highest BCUT2D eigenvalue weighted by molar-refractivity contribution is 8.01. The number of halogens is 2. The summed E-state index contributed by atoms with van der Waals surface area (Å²) in [5.41, 5.74) is 0.870. The largest absolute Gasteiger partial charge is 0.429 e. The SMILES string of the molecule is CSc1oc(-c2ccccc2)nc1Sc1ccc(F)c(F)c1. The average Bonchev–Trinajstić information content (AvgIpc) is 2.95. The molecule has 0 saturated heterocycles. The Kier molecular flexibility index (Phi) is 4.49. The molecule has 0 radical (unpaired) electrons. The number of rotatable bonds is 4. The number of hydrogen-bond acceptors (Lipinski definition) is 4. The third kappa shape index (κ3) is 3.18. The fourth-order valence-corrected chi connectivity index (χ4v) is 3.37. The Bertz CT molecular complexity index is 790. The quantitative estimate of drug-likeness (QED) is 0.589. The van der Waals surface area contributed by atoms with Crippen LogP contribution >= 0.6 is 23.5 Å². The summed E-state index contributed by atoms with van der Waals surface area (Å²) in [4.78, 5) is 5.03. The molecule has 0 atom stereocenters. The highest BCUT2D eigenvalue weighted by atomic mass is 32.2. The van der Waals surface area contributed by atoms with Crippen LogP contribution in [0, 0.1) is 11.6 Å². The molecule has 0 bridgehead atoms. The van der Waals surface area contributed by atoms with Crippen LogP contribution in [0.15, 0.2) is 68.0 Å². The van der Waals surface area contributed by atoms with Crippen molar-refractivity contribution in [3.05, 3.63) is 60.2 Å². The number of benzene rings is 2. The molecular weight excluding hydrogens is 324 g/mol. The van der Waals surface area contributed by atoms with E-state index in [1.807, 2.05) is 36.6 Å². The Balaban J connectivity index is 1.93. The standard InChI is InChI=1S/C16H11F2NOS2/c1-21-16-15(22-11-7-8-12(17)13(18)9-11)19-14(20-16)10-5-3-2-4-6-10/h2-9H,1H3. The smallest absolute Gasteiger partial charge is 0.228 e. The van der Waals surface area contributed by atoms with E-state index < -0.39 is 11.6 Å². The summed E-state index contributed by atoms with van der Waals surface area (Å²) < 4.78 is 32.0. The van der Waals surface area contributed by atoms with Crippen molar-refractivity contribution in [3.63, 3.8) is 0 Å². The average molecular weight is 335 g/mol. The highest BCUT2D eigenvalue weighted by Crippen LogP contribution is 2.37. The van der Waals surface area contributed by atoms with E-state index in [-0.39, 0.29) is 0 Å². The zero-order valence-electron chi connectivity index (χ0n) is 11.5. The van der Waals surface area contributed by atoms with Crippen molar-refractivity contribution < 1.29 is 13.2 Å². The second kappa shape index (κ2) is 6.54. The molecule has 0 spiro atoms. The first-order valence-electron chi connectivity index (χ1n) is 6.40. The minimum Gasteiger partial charge on any atom is -0.429 e. The van der Waals surface area contributed by atoms with Gasteiger partial charge in [-0.2, -0.15) is 0 Å². The van der Waals surface area contributed by atoms with Crippen LogP contribution in [0.25, 0.3) is 11.5 Å². The lowest BCUT2D eigenvalue weighted by molar-refractivity contribution is 0.474. The van der Waals surface area contributed by atoms with Gasteiger partial charge >= 0.3 is 0 Å². The molecule has 0 aliphatic carbocycles. The van der Waals surface area contributed by atoms with E-state index in [4.69, 9.17) is 4.42 Å². The monoisotopic (exact) mass is 335 g/mol.